The van der Waals surface area contributed by atoms with Gasteiger partial charge in [-0.1, -0.05) is 25.1 Å². The summed E-state index contributed by atoms with van der Waals surface area (Å²) >= 11 is 2.04. The maximum absolute atomic E-state index is 5.54. The van der Waals surface area contributed by atoms with E-state index in [1.807, 2.05) is 37.0 Å². The fraction of sp³-hybridized carbons (Fsp3) is 0.632. The predicted molar refractivity (Wildman–Crippen MR) is 122 cm³/mol. The standard InChI is InChI=1S/C19H31N3O2S.HI/c1-4-25-19(10-13-24-14-11-19)15-22-18(20-2)21-12-9-16-7-5-6-8-17(16)23-3;/h5-8H,4,9-15H2,1-3H3,(H2,20,21,22);1H. The number of hydrogen-bond donors (Lipinski definition) is 2. The molecule has 0 radical (unpaired) electrons. The lowest BCUT2D eigenvalue weighted by atomic mass is 9.99. The monoisotopic (exact) mass is 493 g/mol. The highest BCUT2D eigenvalue weighted by atomic mass is 127. The van der Waals surface area contributed by atoms with E-state index in [9.17, 15) is 0 Å². The van der Waals surface area contributed by atoms with Gasteiger partial charge in [0.05, 0.1) is 7.11 Å². The van der Waals surface area contributed by atoms with Crippen LogP contribution in [-0.4, -0.2) is 56.9 Å². The van der Waals surface area contributed by atoms with Crippen molar-refractivity contribution in [2.45, 2.75) is 30.9 Å². The van der Waals surface area contributed by atoms with Gasteiger partial charge in [-0.05, 0) is 36.6 Å². The lowest BCUT2D eigenvalue weighted by Gasteiger charge is -2.37. The molecule has 0 aliphatic carbocycles. The van der Waals surface area contributed by atoms with Crippen molar-refractivity contribution in [2.24, 2.45) is 4.99 Å². The number of nitrogens with one attached hydrogen (secondary N) is 2. The predicted octanol–water partition coefficient (Wildman–Crippen LogP) is 3.32. The molecule has 1 fully saturated rings. The van der Waals surface area contributed by atoms with Gasteiger partial charge in [-0.3, -0.25) is 4.99 Å². The number of benzene rings is 1. The van der Waals surface area contributed by atoms with E-state index >= 15 is 0 Å². The Hall–Kier alpha value is -0.670. The molecule has 0 saturated carbocycles. The van der Waals surface area contributed by atoms with Gasteiger partial charge < -0.3 is 20.1 Å². The molecule has 1 saturated heterocycles. The van der Waals surface area contributed by atoms with Gasteiger partial charge in [0.15, 0.2) is 5.96 Å². The summed E-state index contributed by atoms with van der Waals surface area (Å²) in [5.74, 6) is 2.92. The zero-order chi connectivity index (χ0) is 18.0. The van der Waals surface area contributed by atoms with E-state index in [0.29, 0.717) is 0 Å². The number of rotatable bonds is 8. The van der Waals surface area contributed by atoms with Crippen LogP contribution >= 0.6 is 35.7 Å². The molecular formula is C19H32IN3O2S. The summed E-state index contributed by atoms with van der Waals surface area (Å²) in [6.07, 6.45) is 3.08. The number of ether oxygens (including phenoxy) is 2. The van der Waals surface area contributed by atoms with Crippen LogP contribution in [0.5, 0.6) is 5.75 Å². The Bertz CT molecular complexity index is 546. The lowest BCUT2D eigenvalue weighted by Crippen LogP contribution is -2.48. The average molecular weight is 493 g/mol. The van der Waals surface area contributed by atoms with Crippen LogP contribution in [0.1, 0.15) is 25.3 Å². The van der Waals surface area contributed by atoms with Crippen LogP contribution in [0.25, 0.3) is 0 Å². The molecule has 1 aromatic carbocycles. The van der Waals surface area contributed by atoms with Crippen LogP contribution in [0.2, 0.25) is 0 Å². The van der Waals surface area contributed by atoms with Crippen molar-refractivity contribution < 1.29 is 9.47 Å². The van der Waals surface area contributed by atoms with Gasteiger partial charge in [0, 0.05) is 38.1 Å². The number of thioether (sulfide) groups is 1. The highest BCUT2D eigenvalue weighted by molar-refractivity contribution is 14.0. The van der Waals surface area contributed by atoms with Crippen LogP contribution < -0.4 is 15.4 Å². The van der Waals surface area contributed by atoms with Crippen LogP contribution in [0.15, 0.2) is 29.3 Å². The Kier molecular flexibility index (Phi) is 11.4. The Morgan fingerprint density at radius 3 is 2.65 bits per heavy atom. The molecule has 0 atom stereocenters. The SMILES string of the molecule is CCSC1(CNC(=NC)NCCc2ccccc2OC)CCOCC1.I. The van der Waals surface area contributed by atoms with Crippen molar-refractivity contribution in [3.63, 3.8) is 0 Å². The Labute approximate surface area is 179 Å². The second kappa shape index (κ2) is 12.7. The highest BCUT2D eigenvalue weighted by Gasteiger charge is 2.32. The number of nitrogens with zero attached hydrogens (tertiary/aromatic N) is 1. The number of aliphatic imine (C=N–C) groups is 1. The van der Waals surface area contributed by atoms with E-state index < -0.39 is 0 Å². The molecule has 0 spiro atoms. The molecule has 7 heteroatoms. The molecule has 1 aliphatic heterocycles. The molecular weight excluding hydrogens is 461 g/mol. The Morgan fingerprint density at radius 2 is 2.00 bits per heavy atom. The number of para-hydroxylation sites is 1. The lowest BCUT2D eigenvalue weighted by molar-refractivity contribution is 0.0782. The Morgan fingerprint density at radius 1 is 1.27 bits per heavy atom. The van der Waals surface area contributed by atoms with Gasteiger partial charge in [-0.15, -0.1) is 24.0 Å². The topological polar surface area (TPSA) is 54.9 Å². The minimum Gasteiger partial charge on any atom is -0.496 e. The molecule has 1 aromatic rings. The maximum Gasteiger partial charge on any atom is 0.191 e. The summed E-state index contributed by atoms with van der Waals surface area (Å²) in [7, 11) is 3.54. The molecule has 0 amide bonds. The molecule has 0 unspecified atom stereocenters. The van der Waals surface area contributed by atoms with Crippen molar-refractivity contribution in [1.82, 2.24) is 10.6 Å². The summed E-state index contributed by atoms with van der Waals surface area (Å²) in [6.45, 7) is 5.67. The largest absolute Gasteiger partial charge is 0.496 e. The van der Waals surface area contributed by atoms with Gasteiger partial charge in [0.1, 0.15) is 5.75 Å². The number of hydrogen-bond acceptors (Lipinski definition) is 4. The molecule has 26 heavy (non-hydrogen) atoms. The molecule has 0 bridgehead atoms. The van der Waals surface area contributed by atoms with Crippen LogP contribution in [-0.2, 0) is 11.2 Å². The summed E-state index contributed by atoms with van der Waals surface area (Å²) in [4.78, 5) is 4.36. The van der Waals surface area contributed by atoms with Crippen molar-refractivity contribution in [3.05, 3.63) is 29.8 Å². The van der Waals surface area contributed by atoms with Crippen molar-refractivity contribution >= 4 is 41.7 Å². The van der Waals surface area contributed by atoms with Gasteiger partial charge >= 0.3 is 0 Å². The zero-order valence-corrected chi connectivity index (χ0v) is 19.2. The van der Waals surface area contributed by atoms with Crippen molar-refractivity contribution in [2.75, 3.05) is 46.2 Å². The zero-order valence-electron chi connectivity index (χ0n) is 16.0. The van der Waals surface area contributed by atoms with Crippen LogP contribution in [0, 0.1) is 0 Å². The molecule has 2 N–H and O–H groups in total. The number of guanidine groups is 1. The van der Waals surface area contributed by atoms with Gasteiger partial charge in [-0.25, -0.2) is 0 Å². The van der Waals surface area contributed by atoms with E-state index in [0.717, 1.165) is 63.0 Å². The first-order chi connectivity index (χ1) is 12.2. The van der Waals surface area contributed by atoms with Crippen LogP contribution in [0.4, 0.5) is 0 Å². The third kappa shape index (κ3) is 7.15. The van der Waals surface area contributed by atoms with E-state index in [1.54, 1.807) is 7.11 Å². The second-order valence-electron chi connectivity index (χ2n) is 6.14. The first-order valence-electron chi connectivity index (χ1n) is 9.01. The number of methoxy groups -OCH3 is 1. The quantitative estimate of drug-likeness (QED) is 0.331. The molecule has 0 aromatic heterocycles. The Balaban J connectivity index is 0.00000338. The van der Waals surface area contributed by atoms with E-state index in [4.69, 9.17) is 9.47 Å². The van der Waals surface area contributed by atoms with Gasteiger partial charge in [-0.2, -0.15) is 11.8 Å². The average Bonchev–Trinajstić information content (AvgIpc) is 2.66. The summed E-state index contributed by atoms with van der Waals surface area (Å²) in [6, 6.07) is 8.14. The van der Waals surface area contributed by atoms with E-state index in [1.165, 1.54) is 5.56 Å². The third-order valence-corrected chi connectivity index (χ3v) is 5.99. The molecule has 148 valence electrons. The normalized spacial score (nSPS) is 16.5. The van der Waals surface area contributed by atoms with Crippen molar-refractivity contribution in [1.29, 1.82) is 0 Å². The summed E-state index contributed by atoms with van der Waals surface area (Å²) in [5, 5.41) is 6.92. The molecule has 2 rings (SSSR count). The van der Waals surface area contributed by atoms with Crippen LogP contribution in [0.3, 0.4) is 0 Å². The van der Waals surface area contributed by atoms with Gasteiger partial charge in [0.25, 0.3) is 0 Å². The summed E-state index contributed by atoms with van der Waals surface area (Å²) < 4.78 is 11.2. The van der Waals surface area contributed by atoms with E-state index in [-0.39, 0.29) is 28.7 Å². The first kappa shape index (κ1) is 23.4. The molecule has 1 aliphatic rings. The summed E-state index contributed by atoms with van der Waals surface area (Å²) in [5.41, 5.74) is 1.20. The minimum absolute atomic E-state index is 0. The van der Waals surface area contributed by atoms with Crippen molar-refractivity contribution in [3.8, 4) is 5.75 Å². The first-order valence-corrected chi connectivity index (χ1v) is 9.99. The number of halogens is 1. The second-order valence-corrected chi connectivity index (χ2v) is 7.87. The van der Waals surface area contributed by atoms with E-state index in [2.05, 4.69) is 28.6 Å². The molecule has 5 nitrogen and oxygen atoms in total. The highest BCUT2D eigenvalue weighted by Crippen LogP contribution is 2.34. The minimum atomic E-state index is 0. The maximum atomic E-state index is 5.54. The van der Waals surface area contributed by atoms with Gasteiger partial charge in [0.2, 0.25) is 0 Å². The smallest absolute Gasteiger partial charge is 0.191 e. The third-order valence-electron chi connectivity index (χ3n) is 4.54. The molecule has 1 heterocycles. The fourth-order valence-electron chi connectivity index (χ4n) is 3.11. The fourth-order valence-corrected chi connectivity index (χ4v) is 4.35.